The minimum Gasteiger partial charge on any atom is -0.357 e. The summed E-state index contributed by atoms with van der Waals surface area (Å²) in [4.78, 5) is 4.57. The van der Waals surface area contributed by atoms with E-state index in [1.165, 1.54) is 0 Å². The molecule has 0 amide bonds. The van der Waals surface area contributed by atoms with Gasteiger partial charge in [0.25, 0.3) is 0 Å². The molecule has 1 aromatic carbocycles. The molecule has 5 nitrogen and oxygen atoms in total. The van der Waals surface area contributed by atoms with E-state index in [0.717, 1.165) is 17.7 Å². The van der Waals surface area contributed by atoms with E-state index in [2.05, 4.69) is 20.7 Å². The molecule has 2 unspecified atom stereocenters. The van der Waals surface area contributed by atoms with Crippen LogP contribution in [0.2, 0.25) is 0 Å². The molecule has 1 aromatic heterocycles. The summed E-state index contributed by atoms with van der Waals surface area (Å²) in [5.41, 5.74) is 1.94. The maximum atomic E-state index is 13.0. The Morgan fingerprint density at radius 2 is 2.14 bits per heavy atom. The molecule has 1 fully saturated rings. The van der Waals surface area contributed by atoms with Gasteiger partial charge in [-0.15, -0.1) is 0 Å². The van der Waals surface area contributed by atoms with Crippen LogP contribution in [0.4, 0.5) is 13.2 Å². The molecule has 2 aromatic rings. The molecule has 8 heteroatoms. The number of halogens is 3. The van der Waals surface area contributed by atoms with Gasteiger partial charge in [0.2, 0.25) is 0 Å². The summed E-state index contributed by atoms with van der Waals surface area (Å²) in [5, 5.41) is 10.5. The van der Waals surface area contributed by atoms with E-state index in [0.29, 0.717) is 25.5 Å². The fourth-order valence-electron chi connectivity index (χ4n) is 3.52. The van der Waals surface area contributed by atoms with Crippen LogP contribution in [0.1, 0.15) is 38.2 Å². The first-order chi connectivity index (χ1) is 13.5. The van der Waals surface area contributed by atoms with Crippen molar-refractivity contribution < 1.29 is 13.2 Å². The average molecular weight is 393 g/mol. The zero-order valence-electron chi connectivity index (χ0n) is 15.9. The summed E-state index contributed by atoms with van der Waals surface area (Å²) < 4.78 is 40.9. The lowest BCUT2D eigenvalue weighted by Crippen LogP contribution is -2.46. The van der Waals surface area contributed by atoms with Gasteiger partial charge in [-0.05, 0) is 49.9 Å². The zero-order valence-corrected chi connectivity index (χ0v) is 15.9. The Morgan fingerprint density at radius 3 is 2.86 bits per heavy atom. The van der Waals surface area contributed by atoms with Crippen LogP contribution >= 0.6 is 0 Å². The summed E-state index contributed by atoms with van der Waals surface area (Å²) in [6.07, 6.45) is 1.09. The maximum Gasteiger partial charge on any atom is 0.391 e. The van der Waals surface area contributed by atoms with Gasteiger partial charge in [-0.2, -0.15) is 18.3 Å². The molecule has 0 radical (unpaired) electrons. The lowest BCUT2D eigenvalue weighted by atomic mass is 9.85. The quantitative estimate of drug-likeness (QED) is 0.595. The predicted molar refractivity (Wildman–Crippen MR) is 103 cm³/mol. The number of hydrogen-bond donors (Lipinski definition) is 2. The Bertz CT molecular complexity index is 770. The molecule has 1 aliphatic carbocycles. The van der Waals surface area contributed by atoms with Gasteiger partial charge in [0.15, 0.2) is 5.96 Å². The van der Waals surface area contributed by atoms with Crippen LogP contribution in [0.3, 0.4) is 0 Å². The summed E-state index contributed by atoms with van der Waals surface area (Å²) in [5.74, 6) is -0.674. The van der Waals surface area contributed by atoms with Gasteiger partial charge in [-0.3, -0.25) is 0 Å². The first-order valence-electron chi connectivity index (χ1n) is 9.66. The fourth-order valence-corrected chi connectivity index (χ4v) is 3.52. The van der Waals surface area contributed by atoms with Gasteiger partial charge < -0.3 is 10.6 Å². The molecule has 1 aliphatic rings. The van der Waals surface area contributed by atoms with Gasteiger partial charge in [0, 0.05) is 25.0 Å². The number of rotatable bonds is 5. The molecule has 0 saturated heterocycles. The van der Waals surface area contributed by atoms with E-state index in [1.54, 1.807) is 10.9 Å². The standard InChI is InChI=1S/C20H26F3N5/c1-2-24-19(27-17-8-4-7-16(13-17)20(21,22)23)25-14-15-6-3-9-18(12-15)28-11-5-10-26-28/h3,5-6,9-12,16-17H,2,4,7-8,13-14H2,1H3,(H2,24,25,27). The van der Waals surface area contributed by atoms with E-state index in [9.17, 15) is 13.2 Å². The first kappa shape index (κ1) is 20.2. The number of nitrogens with one attached hydrogen (secondary N) is 2. The van der Waals surface area contributed by atoms with Crippen molar-refractivity contribution in [2.45, 2.75) is 51.4 Å². The minimum atomic E-state index is -4.12. The summed E-state index contributed by atoms with van der Waals surface area (Å²) in [7, 11) is 0. The molecule has 0 spiro atoms. The van der Waals surface area contributed by atoms with Gasteiger partial charge in [-0.25, -0.2) is 9.67 Å². The highest BCUT2D eigenvalue weighted by Crippen LogP contribution is 2.37. The average Bonchev–Trinajstić information content (AvgIpc) is 3.21. The number of aliphatic imine (C=N–C) groups is 1. The van der Waals surface area contributed by atoms with Crippen molar-refractivity contribution in [2.75, 3.05) is 6.54 Å². The van der Waals surface area contributed by atoms with E-state index in [4.69, 9.17) is 0 Å². The third-order valence-corrected chi connectivity index (χ3v) is 4.92. The highest BCUT2D eigenvalue weighted by Gasteiger charge is 2.42. The number of hydrogen-bond acceptors (Lipinski definition) is 2. The number of guanidine groups is 1. The molecular formula is C20H26F3N5. The lowest BCUT2D eigenvalue weighted by Gasteiger charge is -2.31. The van der Waals surface area contributed by atoms with Crippen molar-refractivity contribution in [3.63, 3.8) is 0 Å². The van der Waals surface area contributed by atoms with Gasteiger partial charge in [0.1, 0.15) is 0 Å². The Labute approximate surface area is 163 Å². The Balaban J connectivity index is 1.65. The molecule has 1 saturated carbocycles. The Morgan fingerprint density at radius 1 is 1.29 bits per heavy atom. The molecule has 2 atom stereocenters. The predicted octanol–water partition coefficient (Wildman–Crippen LogP) is 4.05. The van der Waals surface area contributed by atoms with E-state index in [-0.39, 0.29) is 18.9 Å². The molecule has 152 valence electrons. The van der Waals surface area contributed by atoms with Crippen LogP contribution in [0.15, 0.2) is 47.7 Å². The fraction of sp³-hybridized carbons (Fsp3) is 0.500. The summed E-state index contributed by atoms with van der Waals surface area (Å²) >= 11 is 0. The second-order valence-corrected chi connectivity index (χ2v) is 7.06. The minimum absolute atomic E-state index is 0.0999. The third-order valence-electron chi connectivity index (χ3n) is 4.92. The van der Waals surface area contributed by atoms with E-state index < -0.39 is 12.1 Å². The lowest BCUT2D eigenvalue weighted by molar-refractivity contribution is -0.183. The van der Waals surface area contributed by atoms with Crippen molar-refractivity contribution in [1.82, 2.24) is 20.4 Å². The maximum absolute atomic E-state index is 13.0. The normalized spacial score (nSPS) is 20.8. The zero-order chi connectivity index (χ0) is 20.0. The molecule has 0 bridgehead atoms. The van der Waals surface area contributed by atoms with Crippen LogP contribution in [-0.4, -0.2) is 34.5 Å². The topological polar surface area (TPSA) is 54.2 Å². The molecule has 2 N–H and O–H groups in total. The molecule has 3 rings (SSSR count). The highest BCUT2D eigenvalue weighted by molar-refractivity contribution is 5.80. The van der Waals surface area contributed by atoms with Crippen molar-refractivity contribution in [1.29, 1.82) is 0 Å². The largest absolute Gasteiger partial charge is 0.391 e. The third kappa shape index (κ3) is 5.50. The SMILES string of the molecule is CCNC(=NCc1cccc(-n2cccn2)c1)NC1CCCC(C(F)(F)F)C1. The van der Waals surface area contributed by atoms with Gasteiger partial charge in [-0.1, -0.05) is 18.6 Å². The van der Waals surface area contributed by atoms with E-state index >= 15 is 0 Å². The van der Waals surface area contributed by atoms with Gasteiger partial charge >= 0.3 is 6.18 Å². The molecule has 1 heterocycles. The van der Waals surface area contributed by atoms with Crippen LogP contribution in [0, 0.1) is 5.92 Å². The molecule has 28 heavy (non-hydrogen) atoms. The first-order valence-corrected chi connectivity index (χ1v) is 9.66. The molecular weight excluding hydrogens is 367 g/mol. The van der Waals surface area contributed by atoms with Crippen LogP contribution < -0.4 is 10.6 Å². The number of alkyl halides is 3. The summed E-state index contributed by atoms with van der Waals surface area (Å²) in [6, 6.07) is 9.52. The Hall–Kier alpha value is -2.51. The highest BCUT2D eigenvalue weighted by atomic mass is 19.4. The monoisotopic (exact) mass is 393 g/mol. The number of nitrogens with zero attached hydrogens (tertiary/aromatic N) is 3. The van der Waals surface area contributed by atoms with Crippen LogP contribution in [-0.2, 0) is 6.54 Å². The van der Waals surface area contributed by atoms with Gasteiger partial charge in [0.05, 0.1) is 18.2 Å². The smallest absolute Gasteiger partial charge is 0.357 e. The van der Waals surface area contributed by atoms with Crippen molar-refractivity contribution >= 4 is 5.96 Å². The molecule has 0 aliphatic heterocycles. The number of benzene rings is 1. The Kier molecular flexibility index (Phi) is 6.59. The number of aromatic nitrogens is 2. The second kappa shape index (κ2) is 9.12. The van der Waals surface area contributed by atoms with Crippen molar-refractivity contribution in [2.24, 2.45) is 10.9 Å². The second-order valence-electron chi connectivity index (χ2n) is 7.06. The summed E-state index contributed by atoms with van der Waals surface area (Å²) in [6.45, 7) is 3.02. The van der Waals surface area contributed by atoms with E-state index in [1.807, 2.05) is 43.5 Å². The van der Waals surface area contributed by atoms with Crippen LogP contribution in [0.25, 0.3) is 5.69 Å². The van der Waals surface area contributed by atoms with Crippen molar-refractivity contribution in [3.8, 4) is 5.69 Å². The van der Waals surface area contributed by atoms with Crippen molar-refractivity contribution in [3.05, 3.63) is 48.3 Å². The van der Waals surface area contributed by atoms with Crippen LogP contribution in [0.5, 0.6) is 0 Å².